The lowest BCUT2D eigenvalue weighted by atomic mass is 10.2. The fourth-order valence-electron chi connectivity index (χ4n) is 0.943. The van der Waals surface area contributed by atoms with E-state index in [9.17, 15) is 8.42 Å². The molecule has 0 radical (unpaired) electrons. The molecule has 0 aromatic heterocycles. The fraction of sp³-hybridized carbons (Fsp3) is 0.273. The smallest absolute Gasteiger partial charge is 0.338 e. The normalized spacial score (nSPS) is 12.6. The van der Waals surface area contributed by atoms with E-state index in [-0.39, 0.29) is 11.5 Å². The fourth-order valence-corrected chi connectivity index (χ4v) is 1.81. The Hall–Kier alpha value is -1.33. The molecule has 0 bridgehead atoms. The Labute approximate surface area is 95.3 Å². The minimum atomic E-state index is -3.77. The minimum Gasteiger partial charge on any atom is -0.392 e. The minimum absolute atomic E-state index is 0.0973. The van der Waals surface area contributed by atoms with Crippen molar-refractivity contribution in [1.29, 1.82) is 0 Å². The van der Waals surface area contributed by atoms with E-state index in [0.29, 0.717) is 5.57 Å². The SMILES string of the molecule is C/C(=C\OS(=O)(=O)c1ccc(C)cc1)CO. The third-order valence-electron chi connectivity index (χ3n) is 1.94. The van der Waals surface area contributed by atoms with Crippen LogP contribution in [-0.2, 0) is 14.3 Å². The van der Waals surface area contributed by atoms with Gasteiger partial charge < -0.3 is 9.29 Å². The van der Waals surface area contributed by atoms with E-state index in [4.69, 9.17) is 5.11 Å². The third-order valence-corrected chi connectivity index (χ3v) is 3.13. The van der Waals surface area contributed by atoms with Gasteiger partial charge in [0.2, 0.25) is 0 Å². The summed E-state index contributed by atoms with van der Waals surface area (Å²) in [7, 11) is -3.77. The summed E-state index contributed by atoms with van der Waals surface area (Å²) in [4.78, 5) is 0.0973. The molecule has 0 aliphatic rings. The molecule has 0 aliphatic carbocycles. The van der Waals surface area contributed by atoms with Crippen LogP contribution in [0.4, 0.5) is 0 Å². The van der Waals surface area contributed by atoms with Crippen LogP contribution in [0.3, 0.4) is 0 Å². The summed E-state index contributed by atoms with van der Waals surface area (Å²) < 4.78 is 27.9. The van der Waals surface area contributed by atoms with E-state index in [1.54, 1.807) is 19.1 Å². The largest absolute Gasteiger partial charge is 0.392 e. The van der Waals surface area contributed by atoms with Gasteiger partial charge in [-0.3, -0.25) is 0 Å². The van der Waals surface area contributed by atoms with Crippen molar-refractivity contribution in [2.75, 3.05) is 6.61 Å². The monoisotopic (exact) mass is 242 g/mol. The molecule has 0 unspecified atom stereocenters. The van der Waals surface area contributed by atoms with Gasteiger partial charge in [0.1, 0.15) is 11.2 Å². The van der Waals surface area contributed by atoms with Crippen molar-refractivity contribution < 1.29 is 17.7 Å². The van der Waals surface area contributed by atoms with Crippen LogP contribution in [0.1, 0.15) is 12.5 Å². The molecule has 0 atom stereocenters. The van der Waals surface area contributed by atoms with Crippen LogP contribution >= 0.6 is 0 Å². The lowest BCUT2D eigenvalue weighted by molar-refractivity contribution is 0.325. The Bertz CT molecular complexity index is 471. The first-order chi connectivity index (χ1) is 7.45. The highest BCUT2D eigenvalue weighted by atomic mass is 32.2. The summed E-state index contributed by atoms with van der Waals surface area (Å²) in [5, 5.41) is 8.70. The van der Waals surface area contributed by atoms with Gasteiger partial charge in [0.05, 0.1) is 6.61 Å². The number of hydrogen-bond donors (Lipinski definition) is 1. The molecule has 4 nitrogen and oxygen atoms in total. The molecule has 0 amide bonds. The Morgan fingerprint density at radius 2 is 1.94 bits per heavy atom. The van der Waals surface area contributed by atoms with Crippen LogP contribution in [0.2, 0.25) is 0 Å². The van der Waals surface area contributed by atoms with Gasteiger partial charge in [0.15, 0.2) is 0 Å². The first-order valence-electron chi connectivity index (χ1n) is 4.72. The summed E-state index contributed by atoms with van der Waals surface area (Å²) in [6.45, 7) is 3.21. The van der Waals surface area contributed by atoms with Crippen LogP contribution in [0.5, 0.6) is 0 Å². The van der Waals surface area contributed by atoms with Gasteiger partial charge in [-0.2, -0.15) is 8.42 Å². The van der Waals surface area contributed by atoms with Gasteiger partial charge in [-0.05, 0) is 31.6 Å². The second-order valence-electron chi connectivity index (χ2n) is 3.49. The maximum absolute atomic E-state index is 11.6. The molecule has 0 fully saturated rings. The van der Waals surface area contributed by atoms with Crippen molar-refractivity contribution in [2.24, 2.45) is 0 Å². The number of aliphatic hydroxyl groups excluding tert-OH is 1. The number of benzene rings is 1. The van der Waals surface area contributed by atoms with Gasteiger partial charge in [-0.15, -0.1) is 0 Å². The van der Waals surface area contributed by atoms with Crippen molar-refractivity contribution >= 4 is 10.1 Å². The molecule has 16 heavy (non-hydrogen) atoms. The number of rotatable bonds is 4. The van der Waals surface area contributed by atoms with Crippen molar-refractivity contribution in [3.05, 3.63) is 41.7 Å². The van der Waals surface area contributed by atoms with E-state index in [0.717, 1.165) is 11.8 Å². The zero-order valence-corrected chi connectivity index (χ0v) is 9.99. The molecule has 0 saturated carbocycles. The quantitative estimate of drug-likeness (QED) is 0.643. The first-order valence-corrected chi connectivity index (χ1v) is 6.13. The molecular weight excluding hydrogens is 228 g/mol. The zero-order chi connectivity index (χ0) is 12.2. The Kier molecular flexibility index (Phi) is 4.09. The predicted molar refractivity (Wildman–Crippen MR) is 60.3 cm³/mol. The molecule has 1 aromatic rings. The summed E-state index contributed by atoms with van der Waals surface area (Å²) in [5.41, 5.74) is 1.41. The van der Waals surface area contributed by atoms with Gasteiger partial charge >= 0.3 is 10.1 Å². The molecule has 0 heterocycles. The molecule has 1 aromatic carbocycles. The highest BCUT2D eigenvalue weighted by Gasteiger charge is 2.13. The molecule has 0 saturated heterocycles. The average molecular weight is 242 g/mol. The number of aryl methyl sites for hydroxylation is 1. The molecule has 1 rings (SSSR count). The average Bonchev–Trinajstić information content (AvgIpc) is 2.26. The van der Waals surface area contributed by atoms with Gasteiger partial charge in [-0.1, -0.05) is 17.7 Å². The molecule has 88 valence electrons. The zero-order valence-electron chi connectivity index (χ0n) is 9.17. The summed E-state index contributed by atoms with van der Waals surface area (Å²) in [5.74, 6) is 0. The number of aliphatic hydroxyl groups is 1. The maximum atomic E-state index is 11.6. The summed E-state index contributed by atoms with van der Waals surface area (Å²) in [6, 6.07) is 6.34. The number of hydrogen-bond acceptors (Lipinski definition) is 4. The molecule has 5 heteroatoms. The van der Waals surface area contributed by atoms with E-state index in [2.05, 4.69) is 4.18 Å². The van der Waals surface area contributed by atoms with Gasteiger partial charge in [0, 0.05) is 0 Å². The van der Waals surface area contributed by atoms with Crippen molar-refractivity contribution in [1.82, 2.24) is 0 Å². The Morgan fingerprint density at radius 1 is 1.38 bits per heavy atom. The predicted octanol–water partition coefficient (Wildman–Crippen LogP) is 1.60. The highest BCUT2D eigenvalue weighted by Crippen LogP contribution is 2.13. The van der Waals surface area contributed by atoms with Crippen LogP contribution in [0.15, 0.2) is 41.0 Å². The lowest BCUT2D eigenvalue weighted by Crippen LogP contribution is -2.03. The van der Waals surface area contributed by atoms with Gasteiger partial charge in [-0.25, -0.2) is 0 Å². The van der Waals surface area contributed by atoms with Crippen LogP contribution in [-0.4, -0.2) is 20.1 Å². The van der Waals surface area contributed by atoms with Gasteiger partial charge in [0.25, 0.3) is 0 Å². The second-order valence-corrected chi connectivity index (χ2v) is 5.06. The Morgan fingerprint density at radius 3 is 2.44 bits per heavy atom. The van der Waals surface area contributed by atoms with E-state index in [1.165, 1.54) is 12.1 Å². The molecular formula is C11H14O4S. The van der Waals surface area contributed by atoms with Crippen molar-refractivity contribution in [3.8, 4) is 0 Å². The van der Waals surface area contributed by atoms with Crippen molar-refractivity contribution in [3.63, 3.8) is 0 Å². The van der Waals surface area contributed by atoms with Crippen molar-refractivity contribution in [2.45, 2.75) is 18.7 Å². The standard InChI is InChI=1S/C11H14O4S/c1-9-3-5-11(6-4-9)16(13,14)15-8-10(2)7-12/h3-6,8,12H,7H2,1-2H3/b10-8+. The lowest BCUT2D eigenvalue weighted by Gasteiger charge is -2.04. The summed E-state index contributed by atoms with van der Waals surface area (Å²) in [6.07, 6.45) is 1.04. The molecule has 1 N–H and O–H groups in total. The maximum Gasteiger partial charge on any atom is 0.338 e. The van der Waals surface area contributed by atoms with Crippen LogP contribution in [0, 0.1) is 6.92 Å². The van der Waals surface area contributed by atoms with Crippen LogP contribution in [0.25, 0.3) is 0 Å². The summed E-state index contributed by atoms with van der Waals surface area (Å²) >= 11 is 0. The van der Waals surface area contributed by atoms with E-state index in [1.807, 2.05) is 6.92 Å². The molecule has 0 spiro atoms. The first kappa shape index (κ1) is 12.7. The topological polar surface area (TPSA) is 63.6 Å². The second kappa shape index (κ2) is 5.14. The molecule has 0 aliphatic heterocycles. The Balaban J connectivity index is 2.91. The van der Waals surface area contributed by atoms with Crippen LogP contribution < -0.4 is 0 Å². The van der Waals surface area contributed by atoms with E-state index >= 15 is 0 Å². The highest BCUT2D eigenvalue weighted by molar-refractivity contribution is 7.86. The van der Waals surface area contributed by atoms with E-state index < -0.39 is 10.1 Å². The third kappa shape index (κ3) is 3.36.